The van der Waals surface area contributed by atoms with Crippen LogP contribution >= 0.6 is 0 Å². The van der Waals surface area contributed by atoms with Crippen LogP contribution in [0.15, 0.2) is 59.5 Å². The predicted molar refractivity (Wildman–Crippen MR) is 105 cm³/mol. The second-order valence-electron chi connectivity index (χ2n) is 6.32. The Kier molecular flexibility index (Phi) is 6.03. The van der Waals surface area contributed by atoms with Gasteiger partial charge in [0.25, 0.3) is 0 Å². The van der Waals surface area contributed by atoms with E-state index in [0.29, 0.717) is 12.2 Å². The molecule has 1 amide bonds. The third-order valence-electron chi connectivity index (χ3n) is 4.71. The van der Waals surface area contributed by atoms with Gasteiger partial charge < -0.3 is 5.32 Å². The SMILES string of the molecule is CCN(CC)[C@H](CNC(=O)Cn1nc2ccccn2c1=O)c1ccccc1. The van der Waals surface area contributed by atoms with Crippen molar-refractivity contribution in [2.24, 2.45) is 0 Å². The molecule has 0 aliphatic carbocycles. The number of carbonyl (C=O) groups is 1. The van der Waals surface area contributed by atoms with Crippen molar-refractivity contribution < 1.29 is 4.79 Å². The van der Waals surface area contributed by atoms with Gasteiger partial charge in [-0.1, -0.05) is 50.2 Å². The Balaban J connectivity index is 1.70. The van der Waals surface area contributed by atoms with E-state index in [-0.39, 0.29) is 24.2 Å². The first-order valence-corrected chi connectivity index (χ1v) is 9.24. The highest BCUT2D eigenvalue weighted by molar-refractivity contribution is 5.75. The van der Waals surface area contributed by atoms with Crippen LogP contribution in [0.25, 0.3) is 5.65 Å². The standard InChI is InChI=1S/C20H25N5O2/c1-3-23(4-2)17(16-10-6-5-7-11-16)14-21-19(26)15-25-20(27)24-13-9-8-12-18(24)22-25/h5-13,17H,3-4,14-15H2,1-2H3,(H,21,26)/t17-/m1/s1. The minimum Gasteiger partial charge on any atom is -0.353 e. The molecular weight excluding hydrogens is 342 g/mol. The lowest BCUT2D eigenvalue weighted by atomic mass is 10.1. The molecule has 1 aromatic carbocycles. The van der Waals surface area contributed by atoms with Crippen molar-refractivity contribution in [2.75, 3.05) is 19.6 Å². The lowest BCUT2D eigenvalue weighted by Gasteiger charge is -2.30. The smallest absolute Gasteiger partial charge is 0.350 e. The van der Waals surface area contributed by atoms with Gasteiger partial charge in [-0.3, -0.25) is 14.1 Å². The fourth-order valence-electron chi connectivity index (χ4n) is 3.27. The number of hydrogen-bond donors (Lipinski definition) is 1. The van der Waals surface area contributed by atoms with Gasteiger partial charge in [-0.25, -0.2) is 9.48 Å². The van der Waals surface area contributed by atoms with E-state index in [9.17, 15) is 9.59 Å². The fourth-order valence-corrected chi connectivity index (χ4v) is 3.27. The fraction of sp³-hybridized carbons (Fsp3) is 0.350. The minimum absolute atomic E-state index is 0.0861. The van der Waals surface area contributed by atoms with Crippen LogP contribution in [-0.4, -0.2) is 44.6 Å². The van der Waals surface area contributed by atoms with Crippen molar-refractivity contribution in [2.45, 2.75) is 26.4 Å². The van der Waals surface area contributed by atoms with Crippen LogP contribution in [0.1, 0.15) is 25.5 Å². The highest BCUT2D eigenvalue weighted by atomic mass is 16.2. The molecule has 3 aromatic rings. The van der Waals surface area contributed by atoms with Gasteiger partial charge in [0.2, 0.25) is 5.91 Å². The van der Waals surface area contributed by atoms with Crippen LogP contribution in [0, 0.1) is 0 Å². The summed E-state index contributed by atoms with van der Waals surface area (Å²) in [5.74, 6) is -0.228. The molecule has 1 N–H and O–H groups in total. The van der Waals surface area contributed by atoms with E-state index in [1.165, 1.54) is 9.08 Å². The Bertz CT molecular complexity index is 944. The van der Waals surface area contributed by atoms with Gasteiger partial charge in [0.1, 0.15) is 6.54 Å². The van der Waals surface area contributed by atoms with Crippen molar-refractivity contribution >= 4 is 11.6 Å². The maximum atomic E-state index is 12.4. The van der Waals surface area contributed by atoms with E-state index >= 15 is 0 Å². The van der Waals surface area contributed by atoms with Crippen molar-refractivity contribution in [3.05, 3.63) is 70.8 Å². The Morgan fingerprint density at radius 2 is 1.81 bits per heavy atom. The van der Waals surface area contributed by atoms with Crippen LogP contribution in [-0.2, 0) is 11.3 Å². The lowest BCUT2D eigenvalue weighted by Crippen LogP contribution is -2.40. The zero-order chi connectivity index (χ0) is 19.2. The maximum Gasteiger partial charge on any atom is 0.350 e. The van der Waals surface area contributed by atoms with E-state index in [1.54, 1.807) is 24.4 Å². The van der Waals surface area contributed by atoms with Crippen molar-refractivity contribution in [3.63, 3.8) is 0 Å². The summed E-state index contributed by atoms with van der Waals surface area (Å²) in [7, 11) is 0. The van der Waals surface area contributed by atoms with Gasteiger partial charge in [0, 0.05) is 12.7 Å². The molecule has 0 saturated carbocycles. The largest absolute Gasteiger partial charge is 0.353 e. The minimum atomic E-state index is -0.316. The Morgan fingerprint density at radius 1 is 1.11 bits per heavy atom. The summed E-state index contributed by atoms with van der Waals surface area (Å²) in [6.07, 6.45) is 1.64. The molecule has 0 spiro atoms. The topological polar surface area (TPSA) is 71.6 Å². The number of rotatable bonds is 8. The molecule has 3 rings (SSSR count). The number of likely N-dealkylation sites (N-methyl/N-ethyl adjacent to an activating group) is 1. The van der Waals surface area contributed by atoms with Gasteiger partial charge in [0.05, 0.1) is 6.04 Å². The van der Waals surface area contributed by atoms with E-state index in [0.717, 1.165) is 18.7 Å². The molecule has 0 unspecified atom stereocenters. The van der Waals surface area contributed by atoms with E-state index in [2.05, 4.69) is 41.3 Å². The number of benzene rings is 1. The Hall–Kier alpha value is -2.93. The number of nitrogens with one attached hydrogen (secondary N) is 1. The van der Waals surface area contributed by atoms with Crippen LogP contribution < -0.4 is 11.0 Å². The number of pyridine rings is 1. The molecule has 0 aliphatic heterocycles. The van der Waals surface area contributed by atoms with E-state index in [1.807, 2.05) is 18.2 Å². The van der Waals surface area contributed by atoms with Gasteiger partial charge in [-0.05, 0) is 30.8 Å². The van der Waals surface area contributed by atoms with Gasteiger partial charge in [-0.15, -0.1) is 5.10 Å². The number of aromatic nitrogens is 3. The Morgan fingerprint density at radius 3 is 2.48 bits per heavy atom. The number of carbonyl (C=O) groups excluding carboxylic acids is 1. The molecule has 0 fully saturated rings. The lowest BCUT2D eigenvalue weighted by molar-refractivity contribution is -0.122. The van der Waals surface area contributed by atoms with Crippen LogP contribution in [0.4, 0.5) is 0 Å². The van der Waals surface area contributed by atoms with Crippen LogP contribution in [0.3, 0.4) is 0 Å². The summed E-state index contributed by atoms with van der Waals surface area (Å²) in [5.41, 5.74) is 1.37. The summed E-state index contributed by atoms with van der Waals surface area (Å²) < 4.78 is 2.62. The molecule has 0 saturated heterocycles. The molecule has 7 heteroatoms. The summed E-state index contributed by atoms with van der Waals surface area (Å²) >= 11 is 0. The highest BCUT2D eigenvalue weighted by Gasteiger charge is 2.19. The first-order valence-electron chi connectivity index (χ1n) is 9.24. The third-order valence-corrected chi connectivity index (χ3v) is 4.71. The number of amides is 1. The molecule has 2 aromatic heterocycles. The molecule has 142 valence electrons. The molecule has 0 bridgehead atoms. The molecule has 1 atom stereocenters. The van der Waals surface area contributed by atoms with Crippen molar-refractivity contribution in [3.8, 4) is 0 Å². The zero-order valence-electron chi connectivity index (χ0n) is 15.7. The van der Waals surface area contributed by atoms with E-state index < -0.39 is 0 Å². The molecular formula is C20H25N5O2. The Labute approximate surface area is 158 Å². The number of hydrogen-bond acceptors (Lipinski definition) is 4. The highest BCUT2D eigenvalue weighted by Crippen LogP contribution is 2.19. The average molecular weight is 367 g/mol. The number of nitrogens with zero attached hydrogens (tertiary/aromatic N) is 4. The second-order valence-corrected chi connectivity index (χ2v) is 6.32. The predicted octanol–water partition coefficient (Wildman–Crippen LogP) is 1.70. The summed E-state index contributed by atoms with van der Waals surface area (Å²) in [6.45, 7) is 6.37. The molecule has 2 heterocycles. The average Bonchev–Trinajstić information content (AvgIpc) is 3.01. The maximum absolute atomic E-state index is 12.4. The van der Waals surface area contributed by atoms with Gasteiger partial charge >= 0.3 is 5.69 Å². The summed E-state index contributed by atoms with van der Waals surface area (Å²) in [4.78, 5) is 27.0. The molecule has 27 heavy (non-hydrogen) atoms. The van der Waals surface area contributed by atoms with E-state index in [4.69, 9.17) is 0 Å². The first-order chi connectivity index (χ1) is 13.1. The number of fused-ring (bicyclic) bond motifs is 1. The third kappa shape index (κ3) is 4.25. The van der Waals surface area contributed by atoms with Crippen molar-refractivity contribution in [1.29, 1.82) is 0 Å². The molecule has 7 nitrogen and oxygen atoms in total. The summed E-state index contributed by atoms with van der Waals surface area (Å²) in [6, 6.07) is 15.5. The zero-order valence-corrected chi connectivity index (χ0v) is 15.7. The second kappa shape index (κ2) is 8.64. The summed E-state index contributed by atoms with van der Waals surface area (Å²) in [5, 5.41) is 7.16. The normalized spacial score (nSPS) is 12.4. The first kappa shape index (κ1) is 18.8. The molecule has 0 radical (unpaired) electrons. The monoisotopic (exact) mass is 367 g/mol. The van der Waals surface area contributed by atoms with Crippen LogP contribution in [0.5, 0.6) is 0 Å². The van der Waals surface area contributed by atoms with Gasteiger partial charge in [0.15, 0.2) is 5.65 Å². The van der Waals surface area contributed by atoms with Crippen molar-refractivity contribution in [1.82, 2.24) is 24.4 Å². The molecule has 0 aliphatic rings. The van der Waals surface area contributed by atoms with Gasteiger partial charge in [-0.2, -0.15) is 0 Å². The van der Waals surface area contributed by atoms with Crippen LogP contribution in [0.2, 0.25) is 0 Å². The quantitative estimate of drug-likeness (QED) is 0.658.